The molecule has 0 fully saturated rings. The fourth-order valence-electron chi connectivity index (χ4n) is 3.16. The van der Waals surface area contributed by atoms with Crippen LogP contribution in [-0.2, 0) is 4.79 Å². The highest BCUT2D eigenvalue weighted by Crippen LogP contribution is 2.21. The van der Waals surface area contributed by atoms with Gasteiger partial charge in [0.15, 0.2) is 0 Å². The Hall–Kier alpha value is -3.48. The SMILES string of the molecule is Cc1cc(C)c(NC(=O)CN(C)C(=O)c2ccc(-n3cncn3)cc2)c(C)c1. The zero-order valence-electron chi connectivity index (χ0n) is 16.4. The molecule has 144 valence electrons. The average molecular weight is 377 g/mol. The van der Waals surface area contributed by atoms with Crippen LogP contribution in [0.5, 0.6) is 0 Å². The summed E-state index contributed by atoms with van der Waals surface area (Å²) in [5, 5.41) is 6.97. The molecule has 1 aromatic heterocycles. The summed E-state index contributed by atoms with van der Waals surface area (Å²) < 4.78 is 1.61. The number of hydrogen-bond donors (Lipinski definition) is 1. The fourth-order valence-corrected chi connectivity index (χ4v) is 3.16. The Bertz CT molecular complexity index is 971. The van der Waals surface area contributed by atoms with Crippen molar-refractivity contribution < 1.29 is 9.59 Å². The number of amides is 2. The number of benzene rings is 2. The second-order valence-corrected chi connectivity index (χ2v) is 6.87. The Morgan fingerprint density at radius 3 is 2.29 bits per heavy atom. The van der Waals surface area contributed by atoms with Crippen LogP contribution in [0.1, 0.15) is 27.0 Å². The third-order valence-electron chi connectivity index (χ3n) is 4.47. The monoisotopic (exact) mass is 377 g/mol. The van der Waals surface area contributed by atoms with Crippen molar-refractivity contribution in [3.05, 3.63) is 71.3 Å². The van der Waals surface area contributed by atoms with E-state index in [0.29, 0.717) is 5.56 Å². The number of nitrogens with zero attached hydrogens (tertiary/aromatic N) is 4. The van der Waals surface area contributed by atoms with Gasteiger partial charge in [-0.1, -0.05) is 17.7 Å². The van der Waals surface area contributed by atoms with Crippen LogP contribution in [0.15, 0.2) is 49.1 Å². The highest BCUT2D eigenvalue weighted by molar-refractivity contribution is 5.99. The Morgan fingerprint density at radius 2 is 1.71 bits per heavy atom. The van der Waals surface area contributed by atoms with E-state index in [4.69, 9.17) is 0 Å². The zero-order chi connectivity index (χ0) is 20.3. The molecule has 2 amide bonds. The van der Waals surface area contributed by atoms with Gasteiger partial charge in [0.2, 0.25) is 5.91 Å². The van der Waals surface area contributed by atoms with Crippen molar-refractivity contribution in [1.82, 2.24) is 19.7 Å². The first-order valence-corrected chi connectivity index (χ1v) is 8.93. The predicted molar refractivity (Wildman–Crippen MR) is 108 cm³/mol. The van der Waals surface area contributed by atoms with Crippen LogP contribution in [0.25, 0.3) is 5.69 Å². The van der Waals surface area contributed by atoms with Crippen LogP contribution >= 0.6 is 0 Å². The van der Waals surface area contributed by atoms with E-state index in [-0.39, 0.29) is 18.4 Å². The van der Waals surface area contributed by atoms with E-state index in [0.717, 1.165) is 28.1 Å². The number of hydrogen-bond acceptors (Lipinski definition) is 4. The van der Waals surface area contributed by atoms with Gasteiger partial charge in [-0.05, 0) is 56.2 Å². The molecule has 1 heterocycles. The quantitative estimate of drug-likeness (QED) is 0.741. The van der Waals surface area contributed by atoms with E-state index in [1.807, 2.05) is 32.9 Å². The van der Waals surface area contributed by atoms with Gasteiger partial charge in [-0.15, -0.1) is 0 Å². The van der Waals surface area contributed by atoms with Crippen molar-refractivity contribution in [2.75, 3.05) is 18.9 Å². The van der Waals surface area contributed by atoms with E-state index in [9.17, 15) is 9.59 Å². The number of rotatable bonds is 5. The second kappa shape index (κ2) is 8.04. The lowest BCUT2D eigenvalue weighted by Crippen LogP contribution is -2.35. The molecule has 0 atom stereocenters. The van der Waals surface area contributed by atoms with Gasteiger partial charge in [0.1, 0.15) is 12.7 Å². The molecule has 1 N–H and O–H groups in total. The molecule has 2 aromatic carbocycles. The molecule has 0 aliphatic heterocycles. The van der Waals surface area contributed by atoms with Crippen LogP contribution in [0, 0.1) is 20.8 Å². The maximum absolute atomic E-state index is 12.6. The number of aryl methyl sites for hydroxylation is 3. The number of carbonyl (C=O) groups is 2. The summed E-state index contributed by atoms with van der Waals surface area (Å²) in [6, 6.07) is 11.0. The van der Waals surface area contributed by atoms with Gasteiger partial charge in [0.25, 0.3) is 5.91 Å². The van der Waals surface area contributed by atoms with Crippen LogP contribution in [0.2, 0.25) is 0 Å². The molecule has 28 heavy (non-hydrogen) atoms. The molecule has 0 saturated carbocycles. The summed E-state index contributed by atoms with van der Waals surface area (Å²) >= 11 is 0. The summed E-state index contributed by atoms with van der Waals surface area (Å²) in [4.78, 5) is 30.4. The molecule has 3 aromatic rings. The molecule has 0 bridgehead atoms. The second-order valence-electron chi connectivity index (χ2n) is 6.87. The van der Waals surface area contributed by atoms with Crippen LogP contribution in [-0.4, -0.2) is 45.1 Å². The van der Waals surface area contributed by atoms with Crippen LogP contribution in [0.4, 0.5) is 5.69 Å². The number of likely N-dealkylation sites (N-methyl/N-ethyl adjacent to an activating group) is 1. The molecule has 0 radical (unpaired) electrons. The highest BCUT2D eigenvalue weighted by Gasteiger charge is 2.16. The average Bonchev–Trinajstić information content (AvgIpc) is 3.19. The van der Waals surface area contributed by atoms with Gasteiger partial charge < -0.3 is 10.2 Å². The molecule has 7 heteroatoms. The van der Waals surface area contributed by atoms with Crippen LogP contribution in [0.3, 0.4) is 0 Å². The Morgan fingerprint density at radius 1 is 1.07 bits per heavy atom. The molecule has 3 rings (SSSR count). The smallest absolute Gasteiger partial charge is 0.254 e. The summed E-state index contributed by atoms with van der Waals surface area (Å²) in [6.07, 6.45) is 3.03. The van der Waals surface area contributed by atoms with E-state index in [2.05, 4.69) is 15.4 Å². The lowest BCUT2D eigenvalue weighted by molar-refractivity contribution is -0.116. The topological polar surface area (TPSA) is 80.1 Å². The minimum atomic E-state index is -0.231. The summed E-state index contributed by atoms with van der Waals surface area (Å²) in [7, 11) is 1.61. The number of aromatic nitrogens is 3. The largest absolute Gasteiger partial charge is 0.332 e. The normalized spacial score (nSPS) is 10.6. The molecule has 0 aliphatic rings. The summed E-state index contributed by atoms with van der Waals surface area (Å²) in [5.41, 5.74) is 5.26. The zero-order valence-corrected chi connectivity index (χ0v) is 16.4. The van der Waals surface area contributed by atoms with E-state index in [1.54, 1.807) is 42.3 Å². The summed E-state index contributed by atoms with van der Waals surface area (Å²) in [5.74, 6) is -0.456. The molecule has 0 saturated heterocycles. The number of anilines is 1. The van der Waals surface area contributed by atoms with Gasteiger partial charge >= 0.3 is 0 Å². The first-order chi connectivity index (χ1) is 13.3. The summed E-state index contributed by atoms with van der Waals surface area (Å²) in [6.45, 7) is 5.91. The highest BCUT2D eigenvalue weighted by atomic mass is 16.2. The lowest BCUT2D eigenvalue weighted by Gasteiger charge is -2.18. The first kappa shape index (κ1) is 19.3. The minimum Gasteiger partial charge on any atom is -0.332 e. The van der Waals surface area contributed by atoms with Crippen molar-refractivity contribution in [1.29, 1.82) is 0 Å². The standard InChI is InChI=1S/C21H23N5O2/c1-14-9-15(2)20(16(3)10-14)24-19(27)11-25(4)21(28)17-5-7-18(8-6-17)26-13-22-12-23-26/h5-10,12-13H,11H2,1-4H3,(H,24,27). The van der Waals surface area contributed by atoms with E-state index >= 15 is 0 Å². The van der Waals surface area contributed by atoms with Gasteiger partial charge in [-0.2, -0.15) is 5.10 Å². The molecule has 0 spiro atoms. The lowest BCUT2D eigenvalue weighted by atomic mass is 10.1. The van der Waals surface area contributed by atoms with Gasteiger partial charge in [-0.25, -0.2) is 9.67 Å². The van der Waals surface area contributed by atoms with E-state index < -0.39 is 0 Å². The van der Waals surface area contributed by atoms with Gasteiger partial charge in [-0.3, -0.25) is 9.59 Å². The van der Waals surface area contributed by atoms with E-state index in [1.165, 1.54) is 11.2 Å². The maximum atomic E-state index is 12.6. The molecule has 0 aliphatic carbocycles. The molecular weight excluding hydrogens is 354 g/mol. The van der Waals surface area contributed by atoms with Gasteiger partial charge in [0, 0.05) is 18.3 Å². The number of carbonyl (C=O) groups excluding carboxylic acids is 2. The predicted octanol–water partition coefficient (Wildman–Crippen LogP) is 2.90. The minimum absolute atomic E-state index is 0.0313. The van der Waals surface area contributed by atoms with Gasteiger partial charge in [0.05, 0.1) is 12.2 Å². The molecular formula is C21H23N5O2. The maximum Gasteiger partial charge on any atom is 0.254 e. The van der Waals surface area contributed by atoms with Crippen molar-refractivity contribution >= 4 is 17.5 Å². The van der Waals surface area contributed by atoms with Crippen molar-refractivity contribution in [3.8, 4) is 5.69 Å². The van der Waals surface area contributed by atoms with Crippen molar-refractivity contribution in [3.63, 3.8) is 0 Å². The Kier molecular flexibility index (Phi) is 5.54. The molecule has 0 unspecified atom stereocenters. The Balaban J connectivity index is 1.64. The fraction of sp³-hybridized carbons (Fsp3) is 0.238. The third kappa shape index (κ3) is 4.25. The third-order valence-corrected chi connectivity index (χ3v) is 4.47. The first-order valence-electron chi connectivity index (χ1n) is 8.93. The Labute approximate surface area is 164 Å². The van der Waals surface area contributed by atoms with Crippen LogP contribution < -0.4 is 5.32 Å². The van der Waals surface area contributed by atoms with Crippen molar-refractivity contribution in [2.45, 2.75) is 20.8 Å². The van der Waals surface area contributed by atoms with Crippen molar-refractivity contribution in [2.24, 2.45) is 0 Å². The number of nitrogens with one attached hydrogen (secondary N) is 1. The molecule has 7 nitrogen and oxygen atoms in total.